The quantitative estimate of drug-likeness (QED) is 0.398. The van der Waals surface area contributed by atoms with Gasteiger partial charge >= 0.3 is 0 Å². The summed E-state index contributed by atoms with van der Waals surface area (Å²) in [6.45, 7) is 0. The van der Waals surface area contributed by atoms with Crippen molar-refractivity contribution in [3.8, 4) is 0 Å². The molecule has 0 rings (SSSR count). The summed E-state index contributed by atoms with van der Waals surface area (Å²) in [5.41, 5.74) is 0. The van der Waals surface area contributed by atoms with Crippen LogP contribution in [0, 0.1) is 0 Å². The van der Waals surface area contributed by atoms with Crippen LogP contribution in [0.5, 0.6) is 0 Å². The molecule has 0 aliphatic heterocycles. The second-order valence-electron chi connectivity index (χ2n) is 0. The Morgan fingerprint density at radius 3 is 0.286 bits per heavy atom. The van der Waals surface area contributed by atoms with Crippen molar-refractivity contribution in [1.82, 2.24) is 0 Å². The summed E-state index contributed by atoms with van der Waals surface area (Å²) < 4.78 is 0. The average molecular weight is 306 g/mol. The van der Waals surface area contributed by atoms with Crippen molar-refractivity contribution in [2.24, 2.45) is 0 Å². The molecule has 0 saturated heterocycles. The molecule has 10 N–H and O–H groups in total. The monoisotopic (exact) mass is 304 g/mol. The van der Waals surface area contributed by atoms with Gasteiger partial charge in [-0.2, -0.15) is 0 Å². The van der Waals surface area contributed by atoms with Crippen LogP contribution in [0.3, 0.4) is 0 Å². The van der Waals surface area contributed by atoms with E-state index in [0.717, 1.165) is 0 Å². The average Bonchev–Trinajstić information content (AvgIpc) is 0. The first-order chi connectivity index (χ1) is 0. The van der Waals surface area contributed by atoms with Crippen LogP contribution in [0.15, 0.2) is 0 Å². The van der Waals surface area contributed by atoms with Gasteiger partial charge < -0.3 is 27.4 Å². The van der Waals surface area contributed by atoms with Crippen molar-refractivity contribution >= 4 is 0 Å². The Labute approximate surface area is 72.0 Å². The van der Waals surface area contributed by atoms with E-state index in [4.69, 9.17) is 0 Å². The zero-order valence-electron chi connectivity index (χ0n) is 3.10. The first-order valence-corrected chi connectivity index (χ1v) is 0. The van der Waals surface area contributed by atoms with Crippen LogP contribution in [-0.4, -0.2) is 27.4 Å². The molecule has 7 heavy (non-hydrogen) atoms. The molecule has 2 radical (unpaired) electrons. The van der Waals surface area contributed by atoms with Crippen molar-refractivity contribution in [3.05, 3.63) is 0 Å². The van der Waals surface area contributed by atoms with Crippen LogP contribution in [0.25, 0.3) is 0 Å². The van der Waals surface area contributed by atoms with Crippen LogP contribution in [0.2, 0.25) is 0 Å². The molecule has 0 aromatic carbocycles. The predicted molar refractivity (Wildman–Crippen MR) is 18.1 cm³/mol. The fraction of sp³-hybridized carbons (Fsp3) is 0. The Kier molecular flexibility index (Phi) is 6700. The van der Waals surface area contributed by atoms with Crippen molar-refractivity contribution in [3.63, 3.8) is 0 Å². The van der Waals surface area contributed by atoms with E-state index in [0.29, 0.717) is 0 Å². The largest absolute Gasteiger partial charge is 0.412 e. The Morgan fingerprint density at radius 1 is 0.286 bits per heavy atom. The molecular weight excluding hydrogens is 296 g/mol. The Morgan fingerprint density at radius 2 is 0.286 bits per heavy atom. The first kappa shape index (κ1) is 268. The minimum absolute atomic E-state index is 0. The number of hydrogen-bond acceptors (Lipinski definition) is 0. The van der Waals surface area contributed by atoms with E-state index in [1.54, 1.807) is 0 Å². The molecule has 7 heteroatoms. The van der Waals surface area contributed by atoms with E-state index < -0.39 is 0 Å². The van der Waals surface area contributed by atoms with Gasteiger partial charge in [-0.1, -0.05) is 0 Å². The minimum Gasteiger partial charge on any atom is -0.412 e. The van der Waals surface area contributed by atoms with Crippen LogP contribution < -0.4 is 0 Å². The summed E-state index contributed by atoms with van der Waals surface area (Å²) in [5, 5.41) is 0. The van der Waals surface area contributed by atoms with Gasteiger partial charge in [0.05, 0.1) is 0 Å². The molecule has 62 valence electrons. The Bertz CT molecular complexity index is 6.04. The third-order valence-corrected chi connectivity index (χ3v) is 0. The third-order valence-electron chi connectivity index (χ3n) is 0. The van der Waals surface area contributed by atoms with E-state index in [1.807, 2.05) is 0 Å². The van der Waals surface area contributed by atoms with Crippen LogP contribution in [-0.2, 0) is 44.8 Å². The summed E-state index contributed by atoms with van der Waals surface area (Å²) in [6, 6.07) is 0. The fourth-order valence-electron chi connectivity index (χ4n) is 0. The third kappa shape index (κ3) is 124. The topological polar surface area (TPSA) is 158 Å². The molecule has 0 aliphatic carbocycles. The first-order valence-electron chi connectivity index (χ1n) is 0. The molecule has 0 heterocycles. The number of rotatable bonds is 0. The molecule has 0 bridgehead atoms. The van der Waals surface area contributed by atoms with Gasteiger partial charge in [0.2, 0.25) is 0 Å². The Hall–Kier alpha value is 1.28. The molecule has 0 aliphatic rings. The van der Waals surface area contributed by atoms with Crippen LogP contribution >= 0.6 is 0 Å². The van der Waals surface area contributed by atoms with Gasteiger partial charge in [-0.25, -0.2) is 0 Å². The molecule has 0 aromatic heterocycles. The summed E-state index contributed by atoms with van der Waals surface area (Å²) in [5.74, 6) is 0. The number of hydrogen-bond donors (Lipinski definition) is 0. The minimum atomic E-state index is 0. The van der Waals surface area contributed by atoms with Gasteiger partial charge in [-0.05, 0) is 0 Å². The maximum Gasteiger partial charge on any atom is 0 e. The van der Waals surface area contributed by atoms with Gasteiger partial charge in [0, 0.05) is 44.8 Å². The summed E-state index contributed by atoms with van der Waals surface area (Å²) in [6.07, 6.45) is 0. The molecule has 0 aromatic rings. The van der Waals surface area contributed by atoms with Gasteiger partial charge in [-0.3, -0.25) is 0 Å². The normalized spacial score (nSPS) is 0. The van der Waals surface area contributed by atoms with Gasteiger partial charge in [-0.15, -0.1) is 0 Å². The standard InChI is InChI=1S/2Ag.5H2O/h;;5*1H2. The molecule has 0 fully saturated rings. The molecule has 0 unspecified atom stereocenters. The van der Waals surface area contributed by atoms with E-state index in [1.165, 1.54) is 0 Å². The van der Waals surface area contributed by atoms with E-state index in [-0.39, 0.29) is 72.1 Å². The van der Waals surface area contributed by atoms with Gasteiger partial charge in [0.1, 0.15) is 0 Å². The molecule has 5 nitrogen and oxygen atoms in total. The molecule has 0 atom stereocenters. The van der Waals surface area contributed by atoms with E-state index in [2.05, 4.69) is 0 Å². The van der Waals surface area contributed by atoms with Crippen molar-refractivity contribution in [2.45, 2.75) is 0 Å². The summed E-state index contributed by atoms with van der Waals surface area (Å²) >= 11 is 0. The van der Waals surface area contributed by atoms with Crippen molar-refractivity contribution in [2.75, 3.05) is 0 Å². The fourth-order valence-corrected chi connectivity index (χ4v) is 0. The van der Waals surface area contributed by atoms with Gasteiger partial charge in [0.15, 0.2) is 0 Å². The van der Waals surface area contributed by atoms with Gasteiger partial charge in [0.25, 0.3) is 0 Å². The smallest absolute Gasteiger partial charge is 0 e. The van der Waals surface area contributed by atoms with Crippen LogP contribution in [0.4, 0.5) is 0 Å². The molecular formula is H10Ag2O5. The van der Waals surface area contributed by atoms with Crippen molar-refractivity contribution < 1.29 is 72.1 Å². The predicted octanol–water partition coefficient (Wildman–Crippen LogP) is -4.13. The second-order valence-corrected chi connectivity index (χ2v) is 0. The molecule has 0 amide bonds. The van der Waals surface area contributed by atoms with Crippen molar-refractivity contribution in [1.29, 1.82) is 0 Å². The summed E-state index contributed by atoms with van der Waals surface area (Å²) in [7, 11) is 0. The molecule has 0 spiro atoms. The molecule has 0 saturated carbocycles. The SMILES string of the molecule is O.O.O.O.O.[Ag].[Ag]. The maximum atomic E-state index is 0. The Balaban J connectivity index is 0. The maximum absolute atomic E-state index is 0. The zero-order chi connectivity index (χ0) is 0. The second kappa shape index (κ2) is 175. The van der Waals surface area contributed by atoms with Crippen LogP contribution in [0.1, 0.15) is 0 Å². The zero-order valence-corrected chi connectivity index (χ0v) is 6.07. The van der Waals surface area contributed by atoms with E-state index in [9.17, 15) is 0 Å². The van der Waals surface area contributed by atoms with E-state index >= 15 is 0 Å². The summed E-state index contributed by atoms with van der Waals surface area (Å²) in [4.78, 5) is 0.